The molecule has 0 aliphatic carbocycles. The van der Waals surface area contributed by atoms with E-state index in [4.69, 9.17) is 9.15 Å². The predicted octanol–water partition coefficient (Wildman–Crippen LogP) is 2.90. The summed E-state index contributed by atoms with van der Waals surface area (Å²) in [6.07, 6.45) is 5.01. The average molecular weight is 384 g/mol. The monoisotopic (exact) mass is 384 g/mol. The van der Waals surface area contributed by atoms with Gasteiger partial charge in [0.05, 0.1) is 18.3 Å². The second-order valence-corrected chi connectivity index (χ2v) is 7.72. The first-order valence-corrected chi connectivity index (χ1v) is 10.1. The van der Waals surface area contributed by atoms with Crippen molar-refractivity contribution in [3.63, 3.8) is 0 Å². The van der Waals surface area contributed by atoms with E-state index in [0.717, 1.165) is 25.2 Å². The summed E-state index contributed by atoms with van der Waals surface area (Å²) in [5.41, 5.74) is 1.72. The summed E-state index contributed by atoms with van der Waals surface area (Å²) in [6.45, 7) is 5.04. The van der Waals surface area contributed by atoms with Crippen LogP contribution in [-0.2, 0) is 17.8 Å². The van der Waals surface area contributed by atoms with Gasteiger partial charge in [-0.15, -0.1) is 0 Å². The second-order valence-electron chi connectivity index (χ2n) is 7.72. The standard InChI is InChI=1S/C22H28N2O4/c25-21-18(13-23-9-5-2-6-10-23)16-28-22(26)19(21)14-24-11-12-27-20(15-24)17-7-3-1-4-8-17/h1,3-4,7-8,16,20,25H,2,5-6,9-15H2/t20-/m1/s1. The highest BCUT2D eigenvalue weighted by Gasteiger charge is 2.25. The van der Waals surface area contributed by atoms with Crippen molar-refractivity contribution >= 4 is 0 Å². The molecule has 0 bridgehead atoms. The molecule has 0 radical (unpaired) electrons. The summed E-state index contributed by atoms with van der Waals surface area (Å²) in [5.74, 6) is 0.0876. The quantitative estimate of drug-likeness (QED) is 0.855. The van der Waals surface area contributed by atoms with E-state index in [1.165, 1.54) is 25.5 Å². The predicted molar refractivity (Wildman–Crippen MR) is 106 cm³/mol. The molecule has 4 rings (SSSR count). The Kier molecular flexibility index (Phi) is 6.10. The normalized spacial score (nSPS) is 21.6. The molecule has 0 saturated carbocycles. The number of morpholine rings is 1. The SMILES string of the molecule is O=c1occ(CN2CCCCC2)c(O)c1CN1CCO[C@@H](c2ccccc2)C1. The van der Waals surface area contributed by atoms with Gasteiger partial charge in [-0.2, -0.15) is 0 Å². The van der Waals surface area contributed by atoms with Gasteiger partial charge in [0.15, 0.2) is 0 Å². The lowest BCUT2D eigenvalue weighted by Gasteiger charge is -2.33. The van der Waals surface area contributed by atoms with E-state index in [-0.39, 0.29) is 11.9 Å². The Morgan fingerprint density at radius 1 is 1.00 bits per heavy atom. The van der Waals surface area contributed by atoms with Crippen LogP contribution in [0.15, 0.2) is 45.8 Å². The van der Waals surface area contributed by atoms with Gasteiger partial charge < -0.3 is 14.3 Å². The van der Waals surface area contributed by atoms with Crippen LogP contribution in [0.2, 0.25) is 0 Å². The van der Waals surface area contributed by atoms with Gasteiger partial charge in [0.25, 0.3) is 0 Å². The van der Waals surface area contributed by atoms with E-state index in [0.29, 0.717) is 37.4 Å². The number of hydrogen-bond acceptors (Lipinski definition) is 6. The minimum absolute atomic E-state index is 0.0272. The average Bonchev–Trinajstić information content (AvgIpc) is 2.75. The van der Waals surface area contributed by atoms with E-state index in [1.807, 2.05) is 18.2 Å². The van der Waals surface area contributed by atoms with Gasteiger partial charge >= 0.3 is 5.63 Å². The van der Waals surface area contributed by atoms with Gasteiger partial charge in [0, 0.05) is 31.7 Å². The Bertz CT molecular complexity index is 830. The summed E-state index contributed by atoms with van der Waals surface area (Å²) >= 11 is 0. The maximum atomic E-state index is 12.3. The Morgan fingerprint density at radius 3 is 2.57 bits per heavy atom. The highest BCUT2D eigenvalue weighted by Crippen LogP contribution is 2.27. The maximum Gasteiger partial charge on any atom is 0.343 e. The molecule has 2 aliphatic heterocycles. The molecular formula is C22H28N2O4. The molecular weight excluding hydrogens is 356 g/mol. The Hall–Kier alpha value is -2.15. The van der Waals surface area contributed by atoms with Crippen LogP contribution in [0, 0.1) is 0 Å². The van der Waals surface area contributed by atoms with E-state index in [9.17, 15) is 9.90 Å². The van der Waals surface area contributed by atoms with Crippen LogP contribution in [0.5, 0.6) is 5.75 Å². The first kappa shape index (κ1) is 19.2. The Balaban J connectivity index is 1.47. The molecule has 2 aromatic rings. The van der Waals surface area contributed by atoms with Crippen molar-refractivity contribution in [1.29, 1.82) is 0 Å². The van der Waals surface area contributed by atoms with E-state index in [2.05, 4.69) is 21.9 Å². The van der Waals surface area contributed by atoms with Gasteiger partial charge in [-0.05, 0) is 31.5 Å². The van der Waals surface area contributed by atoms with Gasteiger partial charge in [-0.3, -0.25) is 9.80 Å². The zero-order valence-electron chi connectivity index (χ0n) is 16.2. The lowest BCUT2D eigenvalue weighted by atomic mass is 10.1. The van der Waals surface area contributed by atoms with E-state index in [1.54, 1.807) is 0 Å². The highest BCUT2D eigenvalue weighted by atomic mass is 16.5. The molecule has 0 amide bonds. The van der Waals surface area contributed by atoms with Crippen LogP contribution in [0.25, 0.3) is 0 Å². The minimum Gasteiger partial charge on any atom is -0.507 e. The summed E-state index contributed by atoms with van der Waals surface area (Å²) in [6, 6.07) is 10.1. The van der Waals surface area contributed by atoms with Crippen molar-refractivity contribution in [2.24, 2.45) is 0 Å². The molecule has 6 heteroatoms. The van der Waals surface area contributed by atoms with Crippen LogP contribution in [0.3, 0.4) is 0 Å². The molecule has 1 aromatic carbocycles. The molecule has 28 heavy (non-hydrogen) atoms. The molecule has 6 nitrogen and oxygen atoms in total. The molecule has 3 heterocycles. The number of nitrogens with zero attached hydrogens (tertiary/aromatic N) is 2. The number of likely N-dealkylation sites (tertiary alicyclic amines) is 1. The van der Waals surface area contributed by atoms with Crippen molar-refractivity contribution in [3.05, 3.63) is 63.7 Å². The van der Waals surface area contributed by atoms with Crippen molar-refractivity contribution in [2.45, 2.75) is 38.5 Å². The minimum atomic E-state index is -0.456. The third kappa shape index (κ3) is 4.46. The topological polar surface area (TPSA) is 66.2 Å². The summed E-state index contributed by atoms with van der Waals surface area (Å²) in [5, 5.41) is 10.8. The van der Waals surface area contributed by atoms with Crippen LogP contribution in [0.1, 0.15) is 42.1 Å². The molecule has 0 unspecified atom stereocenters. The van der Waals surface area contributed by atoms with Crippen LogP contribution >= 0.6 is 0 Å². The lowest BCUT2D eigenvalue weighted by molar-refractivity contribution is -0.0334. The zero-order chi connectivity index (χ0) is 19.3. The Labute approximate surface area is 165 Å². The smallest absolute Gasteiger partial charge is 0.343 e. The molecule has 2 aliphatic rings. The number of ether oxygens (including phenoxy) is 1. The van der Waals surface area contributed by atoms with Crippen molar-refractivity contribution in [3.8, 4) is 5.75 Å². The fourth-order valence-electron chi connectivity index (χ4n) is 4.09. The molecule has 1 aromatic heterocycles. The summed E-state index contributed by atoms with van der Waals surface area (Å²) in [4.78, 5) is 16.8. The molecule has 0 spiro atoms. The van der Waals surface area contributed by atoms with Crippen LogP contribution < -0.4 is 5.63 Å². The number of rotatable bonds is 5. The molecule has 1 atom stereocenters. The van der Waals surface area contributed by atoms with Crippen molar-refractivity contribution in [1.82, 2.24) is 9.80 Å². The van der Waals surface area contributed by atoms with Gasteiger partial charge in [-0.1, -0.05) is 36.8 Å². The van der Waals surface area contributed by atoms with Crippen LogP contribution in [-0.4, -0.2) is 47.7 Å². The van der Waals surface area contributed by atoms with E-state index < -0.39 is 5.63 Å². The maximum absolute atomic E-state index is 12.3. The fourth-order valence-corrected chi connectivity index (χ4v) is 4.09. The summed E-state index contributed by atoms with van der Waals surface area (Å²) in [7, 11) is 0. The number of benzene rings is 1. The first-order valence-electron chi connectivity index (χ1n) is 10.1. The van der Waals surface area contributed by atoms with Gasteiger partial charge in [0.1, 0.15) is 12.0 Å². The van der Waals surface area contributed by atoms with Crippen molar-refractivity contribution < 1.29 is 14.3 Å². The molecule has 150 valence electrons. The third-order valence-corrected chi connectivity index (χ3v) is 5.69. The largest absolute Gasteiger partial charge is 0.507 e. The lowest BCUT2D eigenvalue weighted by Crippen LogP contribution is -2.38. The molecule has 1 N–H and O–H groups in total. The van der Waals surface area contributed by atoms with Crippen molar-refractivity contribution in [2.75, 3.05) is 32.8 Å². The molecule has 2 saturated heterocycles. The van der Waals surface area contributed by atoms with Gasteiger partial charge in [-0.25, -0.2) is 4.79 Å². The number of aromatic hydroxyl groups is 1. The number of hydrogen-bond donors (Lipinski definition) is 1. The van der Waals surface area contributed by atoms with E-state index >= 15 is 0 Å². The van der Waals surface area contributed by atoms with Crippen LogP contribution in [0.4, 0.5) is 0 Å². The molecule has 2 fully saturated rings. The first-order chi connectivity index (χ1) is 13.7. The Morgan fingerprint density at radius 2 is 1.79 bits per heavy atom. The highest BCUT2D eigenvalue weighted by molar-refractivity contribution is 5.36. The third-order valence-electron chi connectivity index (χ3n) is 5.69. The fraction of sp³-hybridized carbons (Fsp3) is 0.500. The number of piperidine rings is 1. The zero-order valence-corrected chi connectivity index (χ0v) is 16.2. The summed E-state index contributed by atoms with van der Waals surface area (Å²) < 4.78 is 11.2. The van der Waals surface area contributed by atoms with Gasteiger partial charge in [0.2, 0.25) is 0 Å². The second kappa shape index (κ2) is 8.90.